The van der Waals surface area contributed by atoms with E-state index >= 15 is 0 Å². The average molecular weight is 423 g/mol. The molecular formula is C14H26IN5O2. The van der Waals surface area contributed by atoms with Gasteiger partial charge in [0, 0.05) is 38.8 Å². The van der Waals surface area contributed by atoms with Crippen LogP contribution in [0.2, 0.25) is 0 Å². The van der Waals surface area contributed by atoms with Crippen molar-refractivity contribution in [1.29, 1.82) is 0 Å². The molecule has 126 valence electrons. The van der Waals surface area contributed by atoms with Crippen molar-refractivity contribution in [3.8, 4) is 0 Å². The summed E-state index contributed by atoms with van der Waals surface area (Å²) in [5, 5.41) is 10.5. The lowest BCUT2D eigenvalue weighted by molar-refractivity contribution is 0.146. The zero-order chi connectivity index (χ0) is 14.9. The number of aliphatic imine (C=N–C) groups is 1. The van der Waals surface area contributed by atoms with Crippen molar-refractivity contribution in [2.45, 2.75) is 45.6 Å². The average Bonchev–Trinajstić information content (AvgIpc) is 3.19. The minimum absolute atomic E-state index is 0. The molecule has 0 radical (unpaired) electrons. The molecule has 1 fully saturated rings. The van der Waals surface area contributed by atoms with Gasteiger partial charge in [0.05, 0.1) is 0 Å². The molecule has 0 bridgehead atoms. The van der Waals surface area contributed by atoms with Gasteiger partial charge >= 0.3 is 0 Å². The van der Waals surface area contributed by atoms with Gasteiger partial charge < -0.3 is 19.9 Å². The Morgan fingerprint density at radius 1 is 1.45 bits per heavy atom. The Morgan fingerprint density at radius 2 is 2.27 bits per heavy atom. The summed E-state index contributed by atoms with van der Waals surface area (Å²) < 4.78 is 10.4. The number of aryl methyl sites for hydroxylation is 1. The van der Waals surface area contributed by atoms with Crippen molar-refractivity contribution in [1.82, 2.24) is 20.8 Å². The van der Waals surface area contributed by atoms with Crippen LogP contribution in [0.3, 0.4) is 0 Å². The number of nitrogens with zero attached hydrogens (tertiary/aromatic N) is 3. The first-order valence-corrected chi connectivity index (χ1v) is 7.69. The molecule has 0 aromatic carbocycles. The second-order valence-corrected chi connectivity index (χ2v) is 5.11. The Hall–Kier alpha value is -0.900. The van der Waals surface area contributed by atoms with Crippen LogP contribution in [-0.2, 0) is 11.2 Å². The summed E-state index contributed by atoms with van der Waals surface area (Å²) >= 11 is 0. The van der Waals surface area contributed by atoms with Gasteiger partial charge in [-0.1, -0.05) is 5.16 Å². The number of halogens is 1. The lowest BCUT2D eigenvalue weighted by Crippen LogP contribution is -2.39. The van der Waals surface area contributed by atoms with Gasteiger partial charge in [-0.15, -0.1) is 24.0 Å². The fourth-order valence-electron chi connectivity index (χ4n) is 1.80. The van der Waals surface area contributed by atoms with Gasteiger partial charge in [0.2, 0.25) is 5.89 Å². The van der Waals surface area contributed by atoms with E-state index in [-0.39, 0.29) is 24.0 Å². The van der Waals surface area contributed by atoms with Crippen LogP contribution in [-0.4, -0.2) is 48.4 Å². The number of ether oxygens (including phenoxy) is 1. The minimum Gasteiger partial charge on any atom is -0.382 e. The van der Waals surface area contributed by atoms with Gasteiger partial charge in [-0.2, -0.15) is 4.98 Å². The molecule has 1 aromatic rings. The summed E-state index contributed by atoms with van der Waals surface area (Å²) in [5.74, 6) is 2.19. The number of hydrogen-bond acceptors (Lipinski definition) is 5. The maximum atomic E-state index is 5.31. The monoisotopic (exact) mass is 423 g/mol. The Bertz CT molecular complexity index is 448. The molecule has 1 aliphatic carbocycles. The van der Waals surface area contributed by atoms with Gasteiger partial charge in [-0.25, -0.2) is 0 Å². The Labute approximate surface area is 148 Å². The molecule has 0 saturated heterocycles. The molecular weight excluding hydrogens is 397 g/mol. The molecule has 1 saturated carbocycles. The molecule has 0 aliphatic heterocycles. The first-order chi connectivity index (χ1) is 10.3. The van der Waals surface area contributed by atoms with Crippen LogP contribution in [0.25, 0.3) is 0 Å². The molecule has 22 heavy (non-hydrogen) atoms. The standard InChI is InChI=1S/C14H25N5O2.HI/c1-3-20-10-4-8-15-14(18-12-5-6-12)16-9-7-13-17-11(2)19-21-13;/h12H,3-10H2,1-2H3,(H2,15,16,18);1H. The Balaban J connectivity index is 0.00000242. The first-order valence-electron chi connectivity index (χ1n) is 7.69. The number of rotatable bonds is 9. The normalized spacial score (nSPS) is 14.5. The molecule has 1 aliphatic rings. The molecule has 0 atom stereocenters. The third kappa shape index (κ3) is 7.92. The number of aromatic nitrogens is 2. The van der Waals surface area contributed by atoms with E-state index in [4.69, 9.17) is 9.26 Å². The maximum Gasteiger partial charge on any atom is 0.228 e. The minimum atomic E-state index is 0. The van der Waals surface area contributed by atoms with E-state index in [1.165, 1.54) is 12.8 Å². The molecule has 1 heterocycles. The summed E-state index contributed by atoms with van der Waals surface area (Å²) in [4.78, 5) is 8.74. The summed E-state index contributed by atoms with van der Waals surface area (Å²) in [6.45, 7) is 6.84. The quantitative estimate of drug-likeness (QED) is 0.272. The van der Waals surface area contributed by atoms with Crippen molar-refractivity contribution in [3.05, 3.63) is 11.7 Å². The van der Waals surface area contributed by atoms with Crippen LogP contribution < -0.4 is 10.6 Å². The molecule has 7 nitrogen and oxygen atoms in total. The van der Waals surface area contributed by atoms with Crippen LogP contribution in [0.1, 0.15) is 37.9 Å². The molecule has 0 unspecified atom stereocenters. The van der Waals surface area contributed by atoms with Crippen molar-refractivity contribution >= 4 is 29.9 Å². The summed E-state index contributed by atoms with van der Waals surface area (Å²) in [5.41, 5.74) is 0. The van der Waals surface area contributed by atoms with Gasteiger partial charge in [0.15, 0.2) is 11.8 Å². The van der Waals surface area contributed by atoms with Crippen LogP contribution in [0.4, 0.5) is 0 Å². The second kappa shape index (κ2) is 10.8. The van der Waals surface area contributed by atoms with Gasteiger partial charge in [-0.05, 0) is 33.1 Å². The summed E-state index contributed by atoms with van der Waals surface area (Å²) in [7, 11) is 0. The van der Waals surface area contributed by atoms with Gasteiger partial charge in [0.1, 0.15) is 0 Å². The predicted molar refractivity (Wildman–Crippen MR) is 95.7 cm³/mol. The zero-order valence-electron chi connectivity index (χ0n) is 13.3. The van der Waals surface area contributed by atoms with Gasteiger partial charge in [0.25, 0.3) is 0 Å². The third-order valence-electron chi connectivity index (χ3n) is 3.04. The lowest BCUT2D eigenvalue weighted by atomic mass is 10.4. The molecule has 1 aromatic heterocycles. The lowest BCUT2D eigenvalue weighted by Gasteiger charge is -2.11. The van der Waals surface area contributed by atoms with E-state index in [9.17, 15) is 0 Å². The van der Waals surface area contributed by atoms with E-state index in [0.29, 0.717) is 24.2 Å². The van der Waals surface area contributed by atoms with Crippen molar-refractivity contribution in [2.24, 2.45) is 4.99 Å². The number of hydrogen-bond donors (Lipinski definition) is 2. The summed E-state index contributed by atoms with van der Waals surface area (Å²) in [6, 6.07) is 0.578. The van der Waals surface area contributed by atoms with Crippen molar-refractivity contribution < 1.29 is 9.26 Å². The highest BCUT2D eigenvalue weighted by molar-refractivity contribution is 14.0. The number of guanidine groups is 1. The van der Waals surface area contributed by atoms with Crippen LogP contribution >= 0.6 is 24.0 Å². The zero-order valence-corrected chi connectivity index (χ0v) is 15.6. The summed E-state index contributed by atoms with van der Waals surface area (Å²) in [6.07, 6.45) is 4.09. The maximum absolute atomic E-state index is 5.31. The Kier molecular flexibility index (Phi) is 9.37. The van der Waals surface area contributed by atoms with E-state index < -0.39 is 0 Å². The molecule has 2 rings (SSSR count). The third-order valence-corrected chi connectivity index (χ3v) is 3.04. The van der Waals surface area contributed by atoms with E-state index in [1.54, 1.807) is 0 Å². The van der Waals surface area contributed by atoms with Crippen LogP contribution in [0, 0.1) is 6.92 Å². The first kappa shape index (κ1) is 19.1. The van der Waals surface area contributed by atoms with Crippen LogP contribution in [0.15, 0.2) is 9.52 Å². The van der Waals surface area contributed by atoms with E-state index in [1.807, 2.05) is 13.8 Å². The van der Waals surface area contributed by atoms with E-state index in [2.05, 4.69) is 25.8 Å². The highest BCUT2D eigenvalue weighted by Crippen LogP contribution is 2.18. The Morgan fingerprint density at radius 3 is 2.91 bits per heavy atom. The largest absolute Gasteiger partial charge is 0.382 e. The van der Waals surface area contributed by atoms with Crippen LogP contribution in [0.5, 0.6) is 0 Å². The fourth-order valence-corrected chi connectivity index (χ4v) is 1.80. The molecule has 0 amide bonds. The van der Waals surface area contributed by atoms with E-state index in [0.717, 1.165) is 38.7 Å². The molecule has 2 N–H and O–H groups in total. The van der Waals surface area contributed by atoms with Crippen molar-refractivity contribution in [2.75, 3.05) is 26.3 Å². The van der Waals surface area contributed by atoms with Crippen molar-refractivity contribution in [3.63, 3.8) is 0 Å². The van der Waals surface area contributed by atoms with Gasteiger partial charge in [-0.3, -0.25) is 4.99 Å². The topological polar surface area (TPSA) is 84.6 Å². The predicted octanol–water partition coefficient (Wildman–Crippen LogP) is 1.66. The fraction of sp³-hybridized carbons (Fsp3) is 0.786. The molecule has 0 spiro atoms. The number of nitrogens with one attached hydrogen (secondary N) is 2. The second-order valence-electron chi connectivity index (χ2n) is 5.11. The highest BCUT2D eigenvalue weighted by Gasteiger charge is 2.22. The SMILES string of the molecule is CCOCCCN=C(NCCc1nc(C)no1)NC1CC1.I. The molecule has 8 heteroatoms. The smallest absolute Gasteiger partial charge is 0.228 e. The highest BCUT2D eigenvalue weighted by atomic mass is 127.